The van der Waals surface area contributed by atoms with Gasteiger partial charge in [0, 0.05) is 19.0 Å². The number of ketones is 1. The van der Waals surface area contributed by atoms with Crippen LogP contribution in [-0.4, -0.2) is 23.3 Å². The molecular weight excluding hydrogens is 198 g/mol. The maximum Gasteiger partial charge on any atom is 0.155 e. The van der Waals surface area contributed by atoms with E-state index in [1.165, 1.54) is 5.56 Å². The second kappa shape index (κ2) is 4.62. The number of carbonyl (C=O) groups is 1. The number of carbonyl (C=O) groups excluding carboxylic acids is 1. The zero-order valence-corrected chi connectivity index (χ0v) is 9.60. The molecule has 1 fully saturated rings. The smallest absolute Gasteiger partial charge is 0.155 e. The maximum atomic E-state index is 11.6. The van der Waals surface area contributed by atoms with Crippen LogP contribution in [0.3, 0.4) is 0 Å². The Morgan fingerprint density at radius 1 is 1.56 bits per heavy atom. The first-order valence-electron chi connectivity index (χ1n) is 5.68. The van der Waals surface area contributed by atoms with Crippen molar-refractivity contribution in [1.82, 2.24) is 4.90 Å². The summed E-state index contributed by atoms with van der Waals surface area (Å²) < 4.78 is 0. The number of hydrogen-bond donors (Lipinski definition) is 0. The summed E-state index contributed by atoms with van der Waals surface area (Å²) in [5, 5.41) is 0. The molecule has 2 unspecified atom stereocenters. The van der Waals surface area contributed by atoms with Crippen molar-refractivity contribution in [2.24, 2.45) is 0 Å². The average molecular weight is 215 g/mol. The Bertz CT molecular complexity index is 385. The first-order valence-corrected chi connectivity index (χ1v) is 5.68. The van der Waals surface area contributed by atoms with Gasteiger partial charge in [0.2, 0.25) is 0 Å². The molecule has 0 aliphatic carbocycles. The summed E-state index contributed by atoms with van der Waals surface area (Å²) in [6.07, 6.45) is 2.18. The normalized spacial score (nSPS) is 24.8. The molecule has 1 aromatic rings. The maximum absolute atomic E-state index is 11.6. The van der Waals surface area contributed by atoms with Gasteiger partial charge in [-0.3, -0.25) is 9.69 Å². The Balaban J connectivity index is 1.97. The summed E-state index contributed by atoms with van der Waals surface area (Å²) in [5.74, 6) is 0.290. The lowest BCUT2D eigenvalue weighted by atomic mass is 10.1. The van der Waals surface area contributed by atoms with Crippen LogP contribution in [0.1, 0.15) is 24.9 Å². The molecule has 0 saturated carbocycles. The summed E-state index contributed by atoms with van der Waals surface area (Å²) in [6, 6.07) is 10.8. The van der Waals surface area contributed by atoms with Crippen LogP contribution in [0.2, 0.25) is 0 Å². The molecule has 2 heteroatoms. The molecule has 1 heterocycles. The van der Waals surface area contributed by atoms with Gasteiger partial charge >= 0.3 is 0 Å². The van der Waals surface area contributed by atoms with Gasteiger partial charge in [-0.15, -0.1) is 6.58 Å². The molecule has 0 bridgehead atoms. The van der Waals surface area contributed by atoms with Crippen molar-refractivity contribution in [3.8, 4) is 0 Å². The molecule has 1 aromatic carbocycles. The lowest BCUT2D eigenvalue weighted by molar-refractivity contribution is -0.118. The lowest BCUT2D eigenvalue weighted by Gasteiger charge is -2.13. The quantitative estimate of drug-likeness (QED) is 0.555. The van der Waals surface area contributed by atoms with Crippen LogP contribution >= 0.6 is 0 Å². The largest absolute Gasteiger partial charge is 0.298 e. The van der Waals surface area contributed by atoms with Gasteiger partial charge in [0.25, 0.3) is 0 Å². The summed E-state index contributed by atoms with van der Waals surface area (Å²) in [7, 11) is 0. The van der Waals surface area contributed by atoms with Crippen LogP contribution in [0.15, 0.2) is 43.0 Å². The number of hydrogen-bond acceptors (Lipinski definition) is 2. The minimum atomic E-state index is 0.119. The van der Waals surface area contributed by atoms with Crippen LogP contribution in [0.5, 0.6) is 0 Å². The first kappa shape index (κ1) is 11.1. The van der Waals surface area contributed by atoms with Crippen molar-refractivity contribution in [1.29, 1.82) is 0 Å². The van der Waals surface area contributed by atoms with Crippen molar-refractivity contribution in [2.45, 2.75) is 25.4 Å². The van der Waals surface area contributed by atoms with Crippen molar-refractivity contribution >= 4 is 5.78 Å². The molecule has 0 amide bonds. The molecule has 16 heavy (non-hydrogen) atoms. The molecule has 1 saturated heterocycles. The van der Waals surface area contributed by atoms with E-state index in [4.69, 9.17) is 0 Å². The van der Waals surface area contributed by atoms with Gasteiger partial charge in [-0.25, -0.2) is 0 Å². The molecule has 0 N–H and O–H groups in total. The Morgan fingerprint density at radius 2 is 2.25 bits per heavy atom. The van der Waals surface area contributed by atoms with Gasteiger partial charge in [-0.2, -0.15) is 0 Å². The fraction of sp³-hybridized carbons (Fsp3) is 0.357. The van der Waals surface area contributed by atoms with Gasteiger partial charge in [-0.1, -0.05) is 36.4 Å². The molecular formula is C14H17NO. The molecule has 0 spiro atoms. The van der Waals surface area contributed by atoms with E-state index in [0.29, 0.717) is 12.5 Å². The van der Waals surface area contributed by atoms with Crippen molar-refractivity contribution in [3.05, 3.63) is 48.6 Å². The monoisotopic (exact) mass is 215 g/mol. The topological polar surface area (TPSA) is 20.1 Å². The van der Waals surface area contributed by atoms with Crippen molar-refractivity contribution in [3.63, 3.8) is 0 Å². The third-order valence-corrected chi connectivity index (χ3v) is 3.15. The standard InChI is InChI=1S/C14H17NO/c1-3-7-14(16)13-10-15(13)11(2)12-8-5-4-6-9-12/h3-6,8-9,11,13H,1,7,10H2,2H3/t11-,13?,15?/m1/s1. The SMILES string of the molecule is C=CCC(=O)C1CN1[C@H](C)c1ccccc1. The van der Waals surface area contributed by atoms with Crippen LogP contribution in [0.4, 0.5) is 0 Å². The van der Waals surface area contributed by atoms with Gasteiger partial charge < -0.3 is 0 Å². The van der Waals surface area contributed by atoms with E-state index in [1.807, 2.05) is 18.2 Å². The van der Waals surface area contributed by atoms with E-state index >= 15 is 0 Å². The summed E-state index contributed by atoms with van der Waals surface area (Å²) in [4.78, 5) is 13.9. The third-order valence-electron chi connectivity index (χ3n) is 3.15. The van der Waals surface area contributed by atoms with Gasteiger partial charge in [0.05, 0.1) is 6.04 Å². The number of allylic oxidation sites excluding steroid dienone is 1. The first-order chi connectivity index (χ1) is 7.74. The van der Waals surface area contributed by atoms with Crippen LogP contribution in [0.25, 0.3) is 0 Å². The molecule has 1 aliphatic heterocycles. The highest BCUT2D eigenvalue weighted by Crippen LogP contribution is 2.32. The second-order valence-corrected chi connectivity index (χ2v) is 4.26. The molecule has 2 nitrogen and oxygen atoms in total. The van der Waals surface area contributed by atoms with E-state index in [1.54, 1.807) is 6.08 Å². The molecule has 2 rings (SSSR count). The molecule has 0 aromatic heterocycles. The van der Waals surface area contributed by atoms with Gasteiger partial charge in [0.1, 0.15) is 0 Å². The van der Waals surface area contributed by atoms with Crippen molar-refractivity contribution < 1.29 is 4.79 Å². The number of rotatable bonds is 5. The van der Waals surface area contributed by atoms with Crippen LogP contribution < -0.4 is 0 Å². The number of Topliss-reactive ketones (excluding diaryl/α,β-unsaturated/α-hetero) is 1. The Kier molecular flexibility index (Phi) is 3.20. The summed E-state index contributed by atoms with van der Waals surface area (Å²) in [5.41, 5.74) is 1.27. The highest BCUT2D eigenvalue weighted by molar-refractivity contribution is 5.88. The van der Waals surface area contributed by atoms with Gasteiger partial charge in [0.15, 0.2) is 5.78 Å². The van der Waals surface area contributed by atoms with E-state index in [0.717, 1.165) is 6.54 Å². The third kappa shape index (κ3) is 2.22. The zero-order valence-electron chi connectivity index (χ0n) is 9.60. The molecule has 1 aliphatic rings. The number of nitrogens with zero attached hydrogens (tertiary/aromatic N) is 1. The minimum absolute atomic E-state index is 0.119. The average Bonchev–Trinajstić information content (AvgIpc) is 3.09. The predicted molar refractivity (Wildman–Crippen MR) is 65.2 cm³/mol. The Morgan fingerprint density at radius 3 is 2.88 bits per heavy atom. The highest BCUT2D eigenvalue weighted by Gasteiger charge is 2.42. The van der Waals surface area contributed by atoms with Gasteiger partial charge in [-0.05, 0) is 12.5 Å². The van der Waals surface area contributed by atoms with Crippen molar-refractivity contribution in [2.75, 3.05) is 6.54 Å². The minimum Gasteiger partial charge on any atom is -0.298 e. The fourth-order valence-electron chi connectivity index (χ4n) is 2.07. The fourth-order valence-corrected chi connectivity index (χ4v) is 2.07. The van der Waals surface area contributed by atoms with Crippen LogP contribution in [0, 0.1) is 0 Å². The van der Waals surface area contributed by atoms with E-state index in [-0.39, 0.29) is 11.8 Å². The summed E-state index contributed by atoms with van der Waals surface area (Å²) in [6.45, 7) is 6.64. The zero-order chi connectivity index (χ0) is 11.5. The molecule has 84 valence electrons. The predicted octanol–water partition coefficient (Wildman–Crippen LogP) is 2.58. The molecule has 0 radical (unpaired) electrons. The number of benzene rings is 1. The van der Waals surface area contributed by atoms with E-state index in [2.05, 4.69) is 30.5 Å². The Hall–Kier alpha value is -1.41. The van der Waals surface area contributed by atoms with E-state index in [9.17, 15) is 4.79 Å². The molecule has 3 atom stereocenters. The van der Waals surface area contributed by atoms with E-state index < -0.39 is 0 Å². The highest BCUT2D eigenvalue weighted by atomic mass is 16.1. The Labute approximate surface area is 96.6 Å². The lowest BCUT2D eigenvalue weighted by Crippen LogP contribution is -2.15. The van der Waals surface area contributed by atoms with Crippen LogP contribution in [-0.2, 0) is 4.79 Å². The summed E-state index contributed by atoms with van der Waals surface area (Å²) >= 11 is 0. The second-order valence-electron chi connectivity index (χ2n) is 4.26.